The quantitative estimate of drug-likeness (QED) is 0.769. The van der Waals surface area contributed by atoms with E-state index in [0.717, 1.165) is 22.8 Å². The summed E-state index contributed by atoms with van der Waals surface area (Å²) in [5.74, 6) is 1.11. The Morgan fingerprint density at radius 2 is 1.69 bits per heavy atom. The molecule has 5 nitrogen and oxygen atoms in total. The molecule has 26 heavy (non-hydrogen) atoms. The molecule has 1 heterocycles. The minimum atomic E-state index is -0.379. The van der Waals surface area contributed by atoms with Crippen molar-refractivity contribution in [3.8, 4) is 11.5 Å². The van der Waals surface area contributed by atoms with Gasteiger partial charge in [-0.15, -0.1) is 0 Å². The van der Waals surface area contributed by atoms with Crippen LogP contribution in [-0.2, 0) is 13.6 Å². The van der Waals surface area contributed by atoms with E-state index in [9.17, 15) is 9.59 Å². The number of aromatic nitrogens is 1. The number of nitrogens with one attached hydrogen (secondary N) is 1. The van der Waals surface area contributed by atoms with Gasteiger partial charge in [-0.2, -0.15) is 0 Å². The fraction of sp³-hybridized carbons (Fsp3) is 0.143. The number of carbonyl (C=O) groups excluding carboxylic acids is 1. The molecule has 3 aromatic rings. The Labute approximate surface area is 151 Å². The molecule has 0 unspecified atom stereocenters. The van der Waals surface area contributed by atoms with Crippen LogP contribution in [0.25, 0.3) is 0 Å². The van der Waals surface area contributed by atoms with E-state index in [4.69, 9.17) is 4.74 Å². The summed E-state index contributed by atoms with van der Waals surface area (Å²) in [6.07, 6.45) is 1.56. The van der Waals surface area contributed by atoms with E-state index >= 15 is 0 Å². The molecular weight excluding hydrogens is 328 g/mol. The van der Waals surface area contributed by atoms with Crippen molar-refractivity contribution in [1.29, 1.82) is 0 Å². The SMILES string of the molecule is Cc1cc(=O)c(C(=O)NCc2ccc(Oc3ccccc3)cc2)cn1C. The summed E-state index contributed by atoms with van der Waals surface area (Å²) in [6, 6.07) is 18.4. The van der Waals surface area contributed by atoms with Gasteiger partial charge in [0, 0.05) is 31.5 Å². The highest BCUT2D eigenvalue weighted by Crippen LogP contribution is 2.21. The highest BCUT2D eigenvalue weighted by atomic mass is 16.5. The Hall–Kier alpha value is -3.34. The second-order valence-electron chi connectivity index (χ2n) is 6.05. The average Bonchev–Trinajstić information content (AvgIpc) is 2.65. The van der Waals surface area contributed by atoms with E-state index in [1.807, 2.05) is 61.5 Å². The van der Waals surface area contributed by atoms with Crippen molar-refractivity contribution in [3.05, 3.63) is 93.9 Å². The van der Waals surface area contributed by atoms with Gasteiger partial charge in [0.25, 0.3) is 5.91 Å². The smallest absolute Gasteiger partial charge is 0.257 e. The van der Waals surface area contributed by atoms with Crippen molar-refractivity contribution in [2.24, 2.45) is 7.05 Å². The number of amides is 1. The molecule has 1 amide bonds. The third-order valence-corrected chi connectivity index (χ3v) is 4.08. The highest BCUT2D eigenvalue weighted by molar-refractivity contribution is 5.93. The number of para-hydroxylation sites is 1. The largest absolute Gasteiger partial charge is 0.457 e. The number of nitrogens with zero attached hydrogens (tertiary/aromatic N) is 1. The molecule has 1 aromatic heterocycles. The number of benzene rings is 2. The number of ether oxygens (including phenoxy) is 1. The van der Waals surface area contributed by atoms with E-state index in [1.54, 1.807) is 17.8 Å². The van der Waals surface area contributed by atoms with Crippen LogP contribution in [0.2, 0.25) is 0 Å². The maximum Gasteiger partial charge on any atom is 0.257 e. The van der Waals surface area contributed by atoms with Gasteiger partial charge in [0.2, 0.25) is 0 Å². The zero-order valence-corrected chi connectivity index (χ0v) is 14.7. The van der Waals surface area contributed by atoms with Crippen LogP contribution < -0.4 is 15.5 Å². The number of hydrogen-bond donors (Lipinski definition) is 1. The summed E-state index contributed by atoms with van der Waals surface area (Å²) in [6.45, 7) is 2.16. The molecular formula is C21H20N2O3. The fourth-order valence-electron chi connectivity index (χ4n) is 2.48. The van der Waals surface area contributed by atoms with Gasteiger partial charge in [-0.3, -0.25) is 9.59 Å². The molecule has 0 radical (unpaired) electrons. The zero-order chi connectivity index (χ0) is 18.5. The number of hydrogen-bond acceptors (Lipinski definition) is 3. The molecule has 5 heteroatoms. The third kappa shape index (κ3) is 4.19. The number of pyridine rings is 1. The monoisotopic (exact) mass is 348 g/mol. The van der Waals surface area contributed by atoms with Crippen LogP contribution in [0.5, 0.6) is 11.5 Å². The number of aryl methyl sites for hydroxylation is 2. The third-order valence-electron chi connectivity index (χ3n) is 4.08. The average molecular weight is 348 g/mol. The van der Waals surface area contributed by atoms with Crippen LogP contribution in [-0.4, -0.2) is 10.5 Å². The summed E-state index contributed by atoms with van der Waals surface area (Å²) < 4.78 is 7.49. The Balaban J connectivity index is 1.62. The zero-order valence-electron chi connectivity index (χ0n) is 14.7. The Kier molecular flexibility index (Phi) is 5.17. The minimum Gasteiger partial charge on any atom is -0.457 e. The van der Waals surface area contributed by atoms with E-state index in [0.29, 0.717) is 6.54 Å². The van der Waals surface area contributed by atoms with Gasteiger partial charge in [0.1, 0.15) is 17.1 Å². The molecule has 3 rings (SSSR count). The molecule has 0 spiro atoms. The highest BCUT2D eigenvalue weighted by Gasteiger charge is 2.11. The van der Waals surface area contributed by atoms with Gasteiger partial charge in [0.05, 0.1) is 0 Å². The first-order valence-corrected chi connectivity index (χ1v) is 8.30. The molecule has 0 atom stereocenters. The molecule has 132 valence electrons. The maximum absolute atomic E-state index is 12.3. The predicted molar refractivity (Wildman–Crippen MR) is 101 cm³/mol. The van der Waals surface area contributed by atoms with Gasteiger partial charge in [0.15, 0.2) is 5.43 Å². The molecule has 0 saturated carbocycles. The molecule has 0 aliphatic carbocycles. The maximum atomic E-state index is 12.3. The number of carbonyl (C=O) groups is 1. The van der Waals surface area contributed by atoms with Crippen molar-refractivity contribution in [3.63, 3.8) is 0 Å². The van der Waals surface area contributed by atoms with E-state index in [1.165, 1.54) is 6.07 Å². The molecule has 0 saturated heterocycles. The van der Waals surface area contributed by atoms with Crippen LogP contribution in [0.3, 0.4) is 0 Å². The summed E-state index contributed by atoms with van der Waals surface area (Å²) >= 11 is 0. The second kappa shape index (κ2) is 7.70. The van der Waals surface area contributed by atoms with E-state index in [2.05, 4.69) is 5.32 Å². The lowest BCUT2D eigenvalue weighted by Gasteiger charge is -2.09. The van der Waals surface area contributed by atoms with Gasteiger partial charge in [-0.05, 0) is 36.8 Å². The van der Waals surface area contributed by atoms with Crippen LogP contribution >= 0.6 is 0 Å². The van der Waals surface area contributed by atoms with Gasteiger partial charge < -0.3 is 14.6 Å². The van der Waals surface area contributed by atoms with Crippen LogP contribution in [0.4, 0.5) is 0 Å². The van der Waals surface area contributed by atoms with Crippen LogP contribution in [0, 0.1) is 6.92 Å². The van der Waals surface area contributed by atoms with Crippen molar-refractivity contribution >= 4 is 5.91 Å². The van der Waals surface area contributed by atoms with Crippen molar-refractivity contribution < 1.29 is 9.53 Å². The molecule has 0 bridgehead atoms. The molecule has 0 fully saturated rings. The summed E-state index contributed by atoms with van der Waals surface area (Å²) in [5, 5.41) is 2.78. The van der Waals surface area contributed by atoms with Crippen molar-refractivity contribution in [1.82, 2.24) is 9.88 Å². The lowest BCUT2D eigenvalue weighted by Crippen LogP contribution is -2.29. The standard InChI is InChI=1S/C21H20N2O3/c1-15-12-20(24)19(14-23(15)2)21(25)22-13-16-8-10-18(11-9-16)26-17-6-4-3-5-7-17/h3-12,14H,13H2,1-2H3,(H,22,25). The van der Waals surface area contributed by atoms with E-state index < -0.39 is 0 Å². The summed E-state index contributed by atoms with van der Waals surface area (Å²) in [7, 11) is 1.80. The first kappa shape index (κ1) is 17.5. The lowest BCUT2D eigenvalue weighted by atomic mass is 10.2. The summed E-state index contributed by atoms with van der Waals surface area (Å²) in [4.78, 5) is 24.2. The van der Waals surface area contributed by atoms with Crippen molar-refractivity contribution in [2.45, 2.75) is 13.5 Å². The Bertz CT molecular complexity index is 961. The van der Waals surface area contributed by atoms with Gasteiger partial charge >= 0.3 is 0 Å². The van der Waals surface area contributed by atoms with Gasteiger partial charge in [-0.1, -0.05) is 30.3 Å². The first-order valence-electron chi connectivity index (χ1n) is 8.30. The lowest BCUT2D eigenvalue weighted by molar-refractivity contribution is 0.0949. The normalized spacial score (nSPS) is 10.4. The van der Waals surface area contributed by atoms with Crippen LogP contribution in [0.1, 0.15) is 21.6 Å². The number of rotatable bonds is 5. The van der Waals surface area contributed by atoms with E-state index in [-0.39, 0.29) is 16.9 Å². The molecule has 2 aromatic carbocycles. The Morgan fingerprint density at radius 1 is 1.04 bits per heavy atom. The van der Waals surface area contributed by atoms with Crippen molar-refractivity contribution in [2.75, 3.05) is 0 Å². The van der Waals surface area contributed by atoms with Gasteiger partial charge in [-0.25, -0.2) is 0 Å². The molecule has 1 N–H and O–H groups in total. The predicted octanol–water partition coefficient (Wildman–Crippen LogP) is 3.42. The topological polar surface area (TPSA) is 60.3 Å². The molecule has 0 aliphatic rings. The summed E-state index contributed by atoms with van der Waals surface area (Å²) in [5.41, 5.74) is 1.59. The second-order valence-corrected chi connectivity index (χ2v) is 6.05. The molecule has 0 aliphatic heterocycles. The Morgan fingerprint density at radius 3 is 2.38 bits per heavy atom. The van der Waals surface area contributed by atoms with Crippen LogP contribution in [0.15, 0.2) is 71.7 Å². The first-order chi connectivity index (χ1) is 12.5. The minimum absolute atomic E-state index is 0.141. The fourth-order valence-corrected chi connectivity index (χ4v) is 2.48.